The molecule has 156 valence electrons. The summed E-state index contributed by atoms with van der Waals surface area (Å²) in [6, 6.07) is 5.34. The van der Waals surface area contributed by atoms with E-state index in [0.29, 0.717) is 16.1 Å². The van der Waals surface area contributed by atoms with Crippen molar-refractivity contribution in [2.75, 3.05) is 4.72 Å². The number of nitrogens with zero attached hydrogens (tertiary/aromatic N) is 1. The number of pyridine rings is 1. The van der Waals surface area contributed by atoms with Gasteiger partial charge in [0.2, 0.25) is 10.0 Å². The van der Waals surface area contributed by atoms with Crippen molar-refractivity contribution in [2.24, 2.45) is 7.05 Å². The van der Waals surface area contributed by atoms with E-state index in [2.05, 4.69) is 20.7 Å². The van der Waals surface area contributed by atoms with E-state index in [1.807, 2.05) is 6.07 Å². The Labute approximate surface area is 181 Å². The molecule has 1 heterocycles. The van der Waals surface area contributed by atoms with Crippen LogP contribution in [0.3, 0.4) is 0 Å². The number of carbonyl (C=O) groups is 1. The highest BCUT2D eigenvalue weighted by Crippen LogP contribution is 2.47. The summed E-state index contributed by atoms with van der Waals surface area (Å²) in [6.07, 6.45) is 1.78. The van der Waals surface area contributed by atoms with Gasteiger partial charge in [-0.1, -0.05) is 33.6 Å². The fraction of sp³-hybridized carbons (Fsp3) is 0.368. The van der Waals surface area contributed by atoms with Crippen molar-refractivity contribution in [1.82, 2.24) is 4.57 Å². The summed E-state index contributed by atoms with van der Waals surface area (Å²) in [6.45, 7) is 1.63. The van der Waals surface area contributed by atoms with Gasteiger partial charge in [0.1, 0.15) is 4.75 Å². The highest BCUT2D eigenvalue weighted by Gasteiger charge is 2.56. The normalized spacial score (nSPS) is 15.2. The number of aliphatic carboxylic acids is 1. The van der Waals surface area contributed by atoms with Crippen LogP contribution in [0.4, 0.5) is 5.69 Å². The first-order valence-electron chi connectivity index (χ1n) is 8.83. The van der Waals surface area contributed by atoms with Crippen LogP contribution < -0.4 is 10.3 Å². The molecule has 0 spiro atoms. The Morgan fingerprint density at radius 1 is 1.38 bits per heavy atom. The SMILES string of the molecule is Cc1c(Cc2ccc(Br)cc2Cl)c(NS(=O)(=O)C2(CC(=O)O)CC2)cn(C)c1=O. The summed E-state index contributed by atoms with van der Waals surface area (Å²) in [4.78, 5) is 23.6. The molecule has 29 heavy (non-hydrogen) atoms. The smallest absolute Gasteiger partial charge is 0.305 e. The van der Waals surface area contributed by atoms with Crippen LogP contribution in [0.1, 0.15) is 36.0 Å². The maximum Gasteiger partial charge on any atom is 0.305 e. The van der Waals surface area contributed by atoms with Crippen LogP contribution >= 0.6 is 27.5 Å². The lowest BCUT2D eigenvalue weighted by Gasteiger charge is -2.20. The molecule has 1 aliphatic rings. The van der Waals surface area contributed by atoms with E-state index < -0.39 is 27.2 Å². The van der Waals surface area contributed by atoms with Gasteiger partial charge in [0.25, 0.3) is 5.56 Å². The fourth-order valence-electron chi connectivity index (χ4n) is 3.31. The van der Waals surface area contributed by atoms with E-state index in [9.17, 15) is 18.0 Å². The first kappa shape index (κ1) is 21.9. The van der Waals surface area contributed by atoms with E-state index in [-0.39, 0.29) is 30.5 Å². The second kappa shape index (κ2) is 7.77. The van der Waals surface area contributed by atoms with Crippen molar-refractivity contribution in [1.29, 1.82) is 0 Å². The first-order chi connectivity index (χ1) is 13.5. The lowest BCUT2D eigenvalue weighted by Crippen LogP contribution is -2.33. The van der Waals surface area contributed by atoms with Crippen molar-refractivity contribution in [3.63, 3.8) is 0 Å². The van der Waals surface area contributed by atoms with E-state index in [0.717, 1.165) is 10.0 Å². The molecule has 0 unspecified atom stereocenters. The third-order valence-electron chi connectivity index (χ3n) is 5.22. The number of hydrogen-bond donors (Lipinski definition) is 2. The third kappa shape index (κ3) is 4.36. The molecule has 1 aliphatic carbocycles. The zero-order chi connectivity index (χ0) is 21.6. The number of carboxylic acids is 1. The molecule has 1 aromatic carbocycles. The number of aryl methyl sites for hydroxylation is 1. The van der Waals surface area contributed by atoms with Crippen molar-refractivity contribution in [2.45, 2.75) is 37.4 Å². The van der Waals surface area contributed by atoms with Crippen molar-refractivity contribution >= 4 is 49.2 Å². The molecule has 2 N–H and O–H groups in total. The van der Waals surface area contributed by atoms with Gasteiger partial charge in [-0.3, -0.25) is 14.3 Å². The van der Waals surface area contributed by atoms with Crippen LogP contribution in [0.2, 0.25) is 5.02 Å². The predicted octanol–water partition coefficient (Wildman–Crippen LogP) is 3.45. The Morgan fingerprint density at radius 3 is 2.59 bits per heavy atom. The molecular weight excluding hydrogens is 484 g/mol. The number of carboxylic acid groups (broad SMARTS) is 1. The van der Waals surface area contributed by atoms with Crippen LogP contribution in [0.15, 0.2) is 33.7 Å². The van der Waals surface area contributed by atoms with Crippen LogP contribution in [0.25, 0.3) is 0 Å². The highest BCUT2D eigenvalue weighted by molar-refractivity contribution is 9.10. The number of benzene rings is 1. The lowest BCUT2D eigenvalue weighted by atomic mass is 10.0. The van der Waals surface area contributed by atoms with Gasteiger partial charge in [0.15, 0.2) is 0 Å². The Kier molecular flexibility index (Phi) is 5.86. The van der Waals surface area contributed by atoms with E-state index >= 15 is 0 Å². The van der Waals surface area contributed by atoms with Crippen molar-refractivity contribution in [3.05, 3.63) is 60.9 Å². The summed E-state index contributed by atoms with van der Waals surface area (Å²) < 4.78 is 29.2. The average Bonchev–Trinajstić information content (AvgIpc) is 3.38. The zero-order valence-electron chi connectivity index (χ0n) is 15.8. The minimum absolute atomic E-state index is 0.247. The minimum Gasteiger partial charge on any atom is -0.481 e. The second-order valence-electron chi connectivity index (χ2n) is 7.33. The van der Waals surface area contributed by atoms with Crippen LogP contribution in [-0.4, -0.2) is 28.8 Å². The summed E-state index contributed by atoms with van der Waals surface area (Å²) >= 11 is 9.65. The van der Waals surface area contributed by atoms with Crippen molar-refractivity contribution in [3.8, 4) is 0 Å². The molecule has 0 amide bonds. The lowest BCUT2D eigenvalue weighted by molar-refractivity contribution is -0.137. The number of sulfonamides is 1. The largest absolute Gasteiger partial charge is 0.481 e. The highest BCUT2D eigenvalue weighted by atomic mass is 79.9. The van der Waals surface area contributed by atoms with Gasteiger partial charge >= 0.3 is 5.97 Å². The number of halogens is 2. The summed E-state index contributed by atoms with van der Waals surface area (Å²) in [7, 11) is -2.43. The molecule has 3 rings (SSSR count). The molecule has 0 bridgehead atoms. The number of aromatic nitrogens is 1. The van der Waals surface area contributed by atoms with Crippen LogP contribution in [-0.2, 0) is 28.3 Å². The molecule has 1 aromatic heterocycles. The third-order valence-corrected chi connectivity index (χ3v) is 8.25. The standard InChI is InChI=1S/C19H20BrClN2O5S/c1-11-14(7-12-3-4-13(20)8-15(12)21)16(10-23(2)18(11)26)22-29(27,28)19(5-6-19)9-17(24)25/h3-4,8,10,22H,5-7,9H2,1-2H3,(H,24,25). The molecule has 2 aromatic rings. The molecule has 7 nitrogen and oxygen atoms in total. The fourth-order valence-corrected chi connectivity index (χ4v) is 5.68. The van der Waals surface area contributed by atoms with Gasteiger partial charge in [-0.15, -0.1) is 0 Å². The Morgan fingerprint density at radius 2 is 2.03 bits per heavy atom. The van der Waals surface area contributed by atoms with Gasteiger partial charge in [0.05, 0.1) is 12.1 Å². The summed E-state index contributed by atoms with van der Waals surface area (Å²) in [5, 5.41) is 9.57. The van der Waals surface area contributed by atoms with Gasteiger partial charge in [-0.2, -0.15) is 0 Å². The second-order valence-corrected chi connectivity index (χ2v) is 10.7. The van der Waals surface area contributed by atoms with Crippen molar-refractivity contribution < 1.29 is 18.3 Å². The molecule has 1 fully saturated rings. The summed E-state index contributed by atoms with van der Waals surface area (Å²) in [5.74, 6) is -1.16. The molecule has 0 aliphatic heterocycles. The Hall–Kier alpha value is -1.84. The molecular formula is C19H20BrClN2O5S. The summed E-state index contributed by atoms with van der Waals surface area (Å²) in [5.41, 5.74) is 1.64. The monoisotopic (exact) mass is 502 g/mol. The van der Waals surface area contributed by atoms with Gasteiger partial charge in [-0.05, 0) is 43.0 Å². The molecule has 10 heteroatoms. The number of hydrogen-bond acceptors (Lipinski definition) is 4. The predicted molar refractivity (Wildman–Crippen MR) is 115 cm³/mol. The Balaban J connectivity index is 2.05. The topological polar surface area (TPSA) is 105 Å². The van der Waals surface area contributed by atoms with E-state index in [1.54, 1.807) is 19.1 Å². The minimum atomic E-state index is -3.96. The maximum absolute atomic E-state index is 12.9. The average molecular weight is 504 g/mol. The number of nitrogens with one attached hydrogen (secondary N) is 1. The zero-order valence-corrected chi connectivity index (χ0v) is 19.0. The maximum atomic E-state index is 12.9. The van der Waals surface area contributed by atoms with Crippen LogP contribution in [0, 0.1) is 6.92 Å². The van der Waals surface area contributed by atoms with Gasteiger partial charge in [0, 0.05) is 34.7 Å². The van der Waals surface area contributed by atoms with Gasteiger partial charge < -0.3 is 9.67 Å². The number of rotatable bonds is 7. The van der Waals surface area contributed by atoms with E-state index in [1.165, 1.54) is 17.8 Å². The van der Waals surface area contributed by atoms with Gasteiger partial charge in [-0.25, -0.2) is 8.42 Å². The first-order valence-corrected chi connectivity index (χ1v) is 11.5. The quantitative estimate of drug-likeness (QED) is 0.602. The van der Waals surface area contributed by atoms with Crippen LogP contribution in [0.5, 0.6) is 0 Å². The number of anilines is 1. The molecule has 0 saturated heterocycles. The molecule has 0 radical (unpaired) electrons. The molecule has 0 atom stereocenters. The molecule has 1 saturated carbocycles. The van der Waals surface area contributed by atoms with E-state index in [4.69, 9.17) is 16.7 Å². The Bertz CT molecular complexity index is 1160.